The average molecular weight is 380 g/mol. The zero-order valence-electron chi connectivity index (χ0n) is 15.0. The minimum atomic E-state index is -0.824. The van der Waals surface area contributed by atoms with Gasteiger partial charge >= 0.3 is 0 Å². The van der Waals surface area contributed by atoms with Crippen LogP contribution in [-0.4, -0.2) is 31.5 Å². The molecule has 1 aromatic heterocycles. The third-order valence-electron chi connectivity index (χ3n) is 4.50. The molecule has 28 heavy (non-hydrogen) atoms. The van der Waals surface area contributed by atoms with Gasteiger partial charge in [0, 0.05) is 12.6 Å². The van der Waals surface area contributed by atoms with Crippen LogP contribution in [0.3, 0.4) is 0 Å². The maximum absolute atomic E-state index is 13.1. The molecule has 0 radical (unpaired) electrons. The van der Waals surface area contributed by atoms with Crippen molar-refractivity contribution in [3.8, 4) is 17.1 Å². The quantitative estimate of drug-likeness (QED) is 0.757. The lowest BCUT2D eigenvalue weighted by Gasteiger charge is -2.33. The van der Waals surface area contributed by atoms with Crippen LogP contribution in [-0.2, 0) is 4.79 Å². The average Bonchev–Trinajstić information content (AvgIpc) is 3.22. The molecule has 0 bridgehead atoms. The van der Waals surface area contributed by atoms with Gasteiger partial charge in [-0.05, 0) is 48.5 Å². The van der Waals surface area contributed by atoms with E-state index in [0.717, 1.165) is 0 Å². The Kier molecular flexibility index (Phi) is 4.57. The first-order valence-electron chi connectivity index (χ1n) is 8.72. The first-order valence-corrected chi connectivity index (χ1v) is 8.72. The summed E-state index contributed by atoms with van der Waals surface area (Å²) in [6.07, 6.45) is -0.824. The number of halogens is 1. The van der Waals surface area contributed by atoms with E-state index in [9.17, 15) is 14.0 Å². The molecular weight excluding hydrogens is 363 g/mol. The van der Waals surface area contributed by atoms with Gasteiger partial charge in [0.1, 0.15) is 17.3 Å². The highest BCUT2D eigenvalue weighted by Crippen LogP contribution is 2.34. The maximum atomic E-state index is 13.1. The highest BCUT2D eigenvalue weighted by atomic mass is 19.1. The molecule has 2 heterocycles. The standard InChI is InChI=1S/C21H17FN2O4/c1-23-20(25)19-12-24(15-4-2-3-5-17(15)28-19)21(26)18-11-10-16(27-18)13-6-8-14(22)9-7-13/h2-11,19H,12H2,1H3,(H,23,25)/t19-/m0/s1. The minimum absolute atomic E-state index is 0.0576. The molecule has 3 aromatic rings. The van der Waals surface area contributed by atoms with Gasteiger partial charge in [0.25, 0.3) is 11.8 Å². The molecule has 2 amide bonds. The van der Waals surface area contributed by atoms with Gasteiger partial charge in [0.15, 0.2) is 11.9 Å². The predicted molar refractivity (Wildman–Crippen MR) is 101 cm³/mol. The lowest BCUT2D eigenvalue weighted by molar-refractivity contribution is -0.127. The highest BCUT2D eigenvalue weighted by molar-refractivity contribution is 6.06. The van der Waals surface area contributed by atoms with Gasteiger partial charge in [-0.2, -0.15) is 0 Å². The number of amides is 2. The fourth-order valence-electron chi connectivity index (χ4n) is 3.08. The van der Waals surface area contributed by atoms with Gasteiger partial charge in [-0.15, -0.1) is 0 Å². The Morgan fingerprint density at radius 2 is 1.82 bits per heavy atom. The number of carbonyl (C=O) groups is 2. The van der Waals surface area contributed by atoms with Crippen molar-refractivity contribution in [2.75, 3.05) is 18.5 Å². The van der Waals surface area contributed by atoms with Crippen LogP contribution >= 0.6 is 0 Å². The number of fused-ring (bicyclic) bond motifs is 1. The minimum Gasteiger partial charge on any atom is -0.477 e. The van der Waals surface area contributed by atoms with E-state index in [-0.39, 0.29) is 24.0 Å². The van der Waals surface area contributed by atoms with Crippen molar-refractivity contribution in [3.63, 3.8) is 0 Å². The van der Waals surface area contributed by atoms with Crippen molar-refractivity contribution < 1.29 is 23.1 Å². The molecule has 0 fully saturated rings. The molecular formula is C21H17FN2O4. The number of carbonyl (C=O) groups excluding carboxylic acids is 2. The molecule has 7 heteroatoms. The number of hydrogen-bond donors (Lipinski definition) is 1. The summed E-state index contributed by atoms with van der Waals surface area (Å²) < 4.78 is 24.5. The van der Waals surface area contributed by atoms with E-state index in [1.54, 1.807) is 48.5 Å². The Balaban J connectivity index is 1.65. The molecule has 1 atom stereocenters. The Hall–Kier alpha value is -3.61. The molecule has 1 aliphatic rings. The molecule has 0 saturated heterocycles. The largest absolute Gasteiger partial charge is 0.477 e. The number of hydrogen-bond acceptors (Lipinski definition) is 4. The molecule has 6 nitrogen and oxygen atoms in total. The van der Waals surface area contributed by atoms with E-state index in [1.807, 2.05) is 0 Å². The molecule has 2 aromatic carbocycles. The fraction of sp³-hybridized carbons (Fsp3) is 0.143. The molecule has 0 unspecified atom stereocenters. The second-order valence-corrected chi connectivity index (χ2v) is 6.28. The molecule has 0 spiro atoms. The lowest BCUT2D eigenvalue weighted by Crippen LogP contribution is -2.50. The summed E-state index contributed by atoms with van der Waals surface area (Å²) >= 11 is 0. The maximum Gasteiger partial charge on any atom is 0.294 e. The fourth-order valence-corrected chi connectivity index (χ4v) is 3.08. The van der Waals surface area contributed by atoms with Gasteiger partial charge < -0.3 is 14.5 Å². The van der Waals surface area contributed by atoms with Gasteiger partial charge in [-0.1, -0.05) is 12.1 Å². The Morgan fingerprint density at radius 1 is 1.07 bits per heavy atom. The van der Waals surface area contributed by atoms with Gasteiger partial charge in [0.2, 0.25) is 0 Å². The summed E-state index contributed by atoms with van der Waals surface area (Å²) in [5, 5.41) is 2.54. The van der Waals surface area contributed by atoms with E-state index in [4.69, 9.17) is 9.15 Å². The van der Waals surface area contributed by atoms with Crippen molar-refractivity contribution in [3.05, 3.63) is 72.2 Å². The zero-order valence-corrected chi connectivity index (χ0v) is 15.0. The third kappa shape index (κ3) is 3.22. The number of furan rings is 1. The van der Waals surface area contributed by atoms with Gasteiger partial charge in [0.05, 0.1) is 12.2 Å². The van der Waals surface area contributed by atoms with Gasteiger partial charge in [-0.25, -0.2) is 4.39 Å². The Morgan fingerprint density at radius 3 is 2.57 bits per heavy atom. The van der Waals surface area contributed by atoms with E-state index in [0.29, 0.717) is 22.8 Å². The van der Waals surface area contributed by atoms with Crippen LogP contribution in [0.25, 0.3) is 11.3 Å². The van der Waals surface area contributed by atoms with Gasteiger partial charge in [-0.3, -0.25) is 14.5 Å². The van der Waals surface area contributed by atoms with Crippen molar-refractivity contribution in [2.45, 2.75) is 6.10 Å². The van der Waals surface area contributed by atoms with Crippen molar-refractivity contribution in [1.82, 2.24) is 5.32 Å². The first-order chi connectivity index (χ1) is 13.6. The number of anilines is 1. The highest BCUT2D eigenvalue weighted by Gasteiger charge is 2.34. The van der Waals surface area contributed by atoms with E-state index in [1.165, 1.54) is 24.1 Å². The summed E-state index contributed by atoms with van der Waals surface area (Å²) in [5.41, 5.74) is 1.22. The van der Waals surface area contributed by atoms with Crippen molar-refractivity contribution >= 4 is 17.5 Å². The zero-order chi connectivity index (χ0) is 19.7. The number of para-hydroxylation sites is 2. The second kappa shape index (κ2) is 7.19. The topological polar surface area (TPSA) is 71.8 Å². The molecule has 1 aliphatic heterocycles. The van der Waals surface area contributed by atoms with Crippen LogP contribution in [0.4, 0.5) is 10.1 Å². The van der Waals surface area contributed by atoms with Crippen LogP contribution in [0, 0.1) is 5.82 Å². The molecule has 4 rings (SSSR count). The second-order valence-electron chi connectivity index (χ2n) is 6.28. The third-order valence-corrected chi connectivity index (χ3v) is 4.50. The summed E-state index contributed by atoms with van der Waals surface area (Å²) in [7, 11) is 1.51. The Labute approximate surface area is 160 Å². The summed E-state index contributed by atoms with van der Waals surface area (Å²) in [6.45, 7) is 0.0576. The van der Waals surface area contributed by atoms with Crippen LogP contribution in [0.5, 0.6) is 5.75 Å². The number of nitrogens with one attached hydrogen (secondary N) is 1. The Bertz CT molecular complexity index is 1030. The number of ether oxygens (including phenoxy) is 1. The van der Waals surface area contributed by atoms with Crippen LogP contribution in [0.1, 0.15) is 10.6 Å². The van der Waals surface area contributed by atoms with Crippen molar-refractivity contribution in [1.29, 1.82) is 0 Å². The van der Waals surface area contributed by atoms with Crippen LogP contribution in [0.2, 0.25) is 0 Å². The molecule has 0 aliphatic carbocycles. The van der Waals surface area contributed by atoms with E-state index in [2.05, 4.69) is 5.32 Å². The number of nitrogens with zero attached hydrogens (tertiary/aromatic N) is 1. The normalized spacial score (nSPS) is 15.5. The predicted octanol–water partition coefficient (Wildman–Crippen LogP) is 3.24. The van der Waals surface area contributed by atoms with E-state index >= 15 is 0 Å². The summed E-state index contributed by atoms with van der Waals surface area (Å²) in [5.74, 6) is -0.0472. The number of likely N-dealkylation sites (N-methyl/N-ethyl adjacent to an activating group) is 1. The lowest BCUT2D eigenvalue weighted by atomic mass is 10.1. The molecule has 0 saturated carbocycles. The van der Waals surface area contributed by atoms with Crippen LogP contribution < -0.4 is 15.0 Å². The SMILES string of the molecule is CNC(=O)[C@@H]1CN(C(=O)c2ccc(-c3ccc(F)cc3)o2)c2ccccc2O1. The number of benzene rings is 2. The monoisotopic (exact) mass is 380 g/mol. The smallest absolute Gasteiger partial charge is 0.294 e. The molecule has 1 N–H and O–H groups in total. The number of rotatable bonds is 3. The van der Waals surface area contributed by atoms with Crippen molar-refractivity contribution in [2.24, 2.45) is 0 Å². The van der Waals surface area contributed by atoms with E-state index < -0.39 is 12.0 Å². The first kappa shape index (κ1) is 17.8. The summed E-state index contributed by atoms with van der Waals surface area (Å²) in [6, 6.07) is 16.0. The molecule has 142 valence electrons. The summed E-state index contributed by atoms with van der Waals surface area (Å²) in [4.78, 5) is 26.6. The van der Waals surface area contributed by atoms with Crippen LogP contribution in [0.15, 0.2) is 65.1 Å².